The number of aliphatic hydroxyl groups excluding tert-OH is 2. The van der Waals surface area contributed by atoms with E-state index in [0.717, 1.165) is 45.4 Å². The Kier molecular flexibility index (Phi) is 16.5. The number of para-hydroxylation sites is 6. The maximum Gasteiger partial charge on any atom is 0.123 e. The van der Waals surface area contributed by atoms with Crippen molar-refractivity contribution in [2.45, 2.75) is 39.4 Å². The van der Waals surface area contributed by atoms with Crippen molar-refractivity contribution in [2.24, 2.45) is 0 Å². The monoisotopic (exact) mass is 1320 g/mol. The second-order valence-electron chi connectivity index (χ2n) is 21.6. The van der Waals surface area contributed by atoms with Crippen LogP contribution in [-0.4, -0.2) is 46.1 Å². The summed E-state index contributed by atoms with van der Waals surface area (Å²) in [6, 6.07) is 92.2. The minimum Gasteiger partial charge on any atom is -0.393 e. The zero-order valence-electron chi connectivity index (χ0n) is 47.9. The Morgan fingerprint density at radius 3 is 1.03 bits per heavy atom. The zero-order valence-corrected chi connectivity index (χ0v) is 50.3. The van der Waals surface area contributed by atoms with Crippen LogP contribution in [0.15, 0.2) is 267 Å². The van der Waals surface area contributed by atoms with Gasteiger partial charge >= 0.3 is 0 Å². The van der Waals surface area contributed by atoms with Crippen molar-refractivity contribution in [3.63, 3.8) is 0 Å². The minimum atomic E-state index is -0.375. The van der Waals surface area contributed by atoms with Crippen molar-refractivity contribution < 1.29 is 39.1 Å². The molecule has 0 aliphatic rings. The quantitative estimate of drug-likeness (QED) is 0.133. The molecule has 0 saturated heterocycles. The summed E-state index contributed by atoms with van der Waals surface area (Å²) in [5.74, 6) is -0.670. The third kappa shape index (κ3) is 11.5. The number of fused-ring (bicyclic) bond motifs is 9. The average Bonchev–Trinajstić information content (AvgIpc) is 2.24. The van der Waals surface area contributed by atoms with Gasteiger partial charge in [0.05, 0.1) is 56.7 Å². The van der Waals surface area contributed by atoms with Crippen LogP contribution in [0.1, 0.15) is 26.0 Å². The topological polar surface area (TPSA) is 84.3 Å². The Bertz CT molecular complexity index is 4340. The van der Waals surface area contributed by atoms with Crippen LogP contribution in [-0.2, 0) is 20.1 Å². The SMILES string of the molecule is CC(O)CC(C)O.Cc1cnc(-c2[c-]cc(F)cc2)c(-c2ccc(F)cc2)n1.[Ir].c1ccc2c(c1)c1ccccc1n2-c1ccc(N(c2ccc(-n3c4ccccc4c4ccccc43)cc2)c2ccc(-n3c4ccccc4c4ccccc43)cc2)cc1. The molecule has 2 unspecified atom stereocenters. The van der Waals surface area contributed by atoms with Gasteiger partial charge in [0.2, 0.25) is 0 Å². The first kappa shape index (κ1) is 57.6. The molecule has 11 heteroatoms. The third-order valence-electron chi connectivity index (χ3n) is 15.6. The van der Waals surface area contributed by atoms with Crippen molar-refractivity contribution in [1.29, 1.82) is 0 Å². The number of benzene rings is 11. The van der Waals surface area contributed by atoms with Gasteiger partial charge in [-0.3, -0.25) is 9.37 Å². The van der Waals surface area contributed by atoms with Gasteiger partial charge in [0.25, 0.3) is 0 Å². The first-order chi connectivity index (χ1) is 42.1. The van der Waals surface area contributed by atoms with E-state index in [1.54, 1.807) is 38.2 Å². The first-order valence-electron chi connectivity index (χ1n) is 28.8. The summed E-state index contributed by atoms with van der Waals surface area (Å²) in [7, 11) is 0. The summed E-state index contributed by atoms with van der Waals surface area (Å²) in [5.41, 5.74) is 17.2. The molecule has 0 amide bonds. The van der Waals surface area contributed by atoms with Crippen molar-refractivity contribution in [3.05, 3.63) is 290 Å². The molecular weight excluding hydrogens is 1260 g/mol. The van der Waals surface area contributed by atoms with Crippen molar-refractivity contribution in [3.8, 4) is 39.6 Å². The van der Waals surface area contributed by atoms with Crippen LogP contribution < -0.4 is 4.90 Å². The fourth-order valence-electron chi connectivity index (χ4n) is 11.8. The Hall–Kier alpha value is -9.87. The van der Waals surface area contributed by atoms with Gasteiger partial charge in [-0.2, -0.15) is 0 Å². The van der Waals surface area contributed by atoms with Crippen LogP contribution in [0.5, 0.6) is 0 Å². The maximum atomic E-state index is 13.1. The predicted octanol–water partition coefficient (Wildman–Crippen LogP) is 18.8. The standard InChI is InChI=1S/C54H36N4.C17H11F2N2.C5H12O2.Ir/c1-7-19-49-43(13-1)44-14-2-8-20-50(44)56(49)40-31-25-37(26-32-40)55(38-27-33-41(34-28-38)57-51-21-9-3-15-45(51)46-16-4-10-22-52(46)57)39-29-35-42(36-30-39)58-53-23-11-5-17-47(53)48-18-6-12-24-54(48)58;1-11-10-20-16(12-2-6-14(18)7-3-12)17(21-11)13-4-8-15(19)9-5-13;1-4(6)3-5(2)7;/h1-36H;2,4-10H,1H3;4-7H,3H2,1-2H3;/q;-1;;. The number of anilines is 3. The number of aryl methyl sites for hydroxylation is 1. The summed E-state index contributed by atoms with van der Waals surface area (Å²) in [6.07, 6.45) is 1.36. The molecule has 8 nitrogen and oxygen atoms in total. The molecule has 429 valence electrons. The Labute approximate surface area is 516 Å². The molecule has 0 spiro atoms. The number of rotatable bonds is 10. The second-order valence-corrected chi connectivity index (χ2v) is 21.6. The molecule has 1 radical (unpaired) electrons. The molecule has 0 fully saturated rings. The first-order valence-corrected chi connectivity index (χ1v) is 28.8. The van der Waals surface area contributed by atoms with E-state index >= 15 is 0 Å². The van der Waals surface area contributed by atoms with Crippen molar-refractivity contribution in [2.75, 3.05) is 4.90 Å². The summed E-state index contributed by atoms with van der Waals surface area (Å²) < 4.78 is 33.2. The van der Waals surface area contributed by atoms with Crippen LogP contribution in [0.3, 0.4) is 0 Å². The van der Waals surface area contributed by atoms with Gasteiger partial charge in [-0.25, -0.2) is 4.39 Å². The average molecular weight is 1320 g/mol. The van der Waals surface area contributed by atoms with E-state index < -0.39 is 0 Å². The van der Waals surface area contributed by atoms with Crippen LogP contribution in [0.25, 0.3) is 105 Å². The predicted molar refractivity (Wildman–Crippen MR) is 349 cm³/mol. The van der Waals surface area contributed by atoms with E-state index in [1.165, 1.54) is 89.7 Å². The Balaban J connectivity index is 0.000000211. The number of hydrogen-bond acceptors (Lipinski definition) is 5. The largest absolute Gasteiger partial charge is 0.393 e. The summed E-state index contributed by atoms with van der Waals surface area (Å²) >= 11 is 0. The number of nitrogens with zero attached hydrogens (tertiary/aromatic N) is 6. The molecular formula is C76H59F2IrN6O2-. The van der Waals surface area contributed by atoms with Gasteiger partial charge < -0.3 is 33.8 Å². The van der Waals surface area contributed by atoms with Crippen LogP contribution in [0, 0.1) is 24.6 Å². The van der Waals surface area contributed by atoms with Crippen molar-refractivity contribution in [1.82, 2.24) is 23.7 Å². The van der Waals surface area contributed by atoms with Crippen molar-refractivity contribution >= 4 is 82.5 Å². The van der Waals surface area contributed by atoms with E-state index in [1.807, 2.05) is 6.92 Å². The fourth-order valence-corrected chi connectivity index (χ4v) is 11.8. The van der Waals surface area contributed by atoms with E-state index in [2.05, 4.69) is 253 Å². The van der Waals surface area contributed by atoms with Gasteiger partial charge in [0.1, 0.15) is 5.82 Å². The Morgan fingerprint density at radius 2 is 0.736 bits per heavy atom. The fraction of sp³-hybridized carbons (Fsp3) is 0.0789. The molecule has 0 aliphatic heterocycles. The Morgan fingerprint density at radius 1 is 0.414 bits per heavy atom. The van der Waals surface area contributed by atoms with Gasteiger partial charge in [0, 0.05) is 104 Å². The van der Waals surface area contributed by atoms with Gasteiger partial charge in [-0.05, 0) is 154 Å². The number of halogens is 2. The zero-order chi connectivity index (χ0) is 58.8. The third-order valence-corrected chi connectivity index (χ3v) is 15.6. The molecule has 0 saturated carbocycles. The van der Waals surface area contributed by atoms with Crippen LogP contribution >= 0.6 is 0 Å². The maximum absolute atomic E-state index is 13.1. The summed E-state index contributed by atoms with van der Waals surface area (Å²) in [5, 5.41) is 24.7. The van der Waals surface area contributed by atoms with Crippen LogP contribution in [0.4, 0.5) is 25.8 Å². The molecule has 4 heterocycles. The molecule has 15 aromatic rings. The van der Waals surface area contributed by atoms with E-state index in [4.69, 9.17) is 10.2 Å². The molecule has 2 atom stereocenters. The number of aromatic nitrogens is 5. The molecule has 4 aromatic heterocycles. The van der Waals surface area contributed by atoms with Gasteiger partial charge in [-0.15, -0.1) is 29.8 Å². The second kappa shape index (κ2) is 25.0. The summed E-state index contributed by atoms with van der Waals surface area (Å²) in [6.45, 7) is 5.15. The number of aliphatic hydroxyl groups is 2. The molecule has 15 rings (SSSR count). The molecule has 0 bridgehead atoms. The molecule has 2 N–H and O–H groups in total. The molecule has 11 aromatic carbocycles. The van der Waals surface area contributed by atoms with Gasteiger partial charge in [0.15, 0.2) is 0 Å². The normalized spacial score (nSPS) is 11.9. The van der Waals surface area contributed by atoms with E-state index in [9.17, 15) is 8.78 Å². The molecule has 87 heavy (non-hydrogen) atoms. The number of hydrogen-bond donors (Lipinski definition) is 2. The van der Waals surface area contributed by atoms with E-state index in [0.29, 0.717) is 23.4 Å². The minimum absolute atomic E-state index is 0. The van der Waals surface area contributed by atoms with Crippen LogP contribution in [0.2, 0.25) is 0 Å². The molecule has 0 aliphatic carbocycles. The summed E-state index contributed by atoms with van der Waals surface area (Å²) in [4.78, 5) is 11.2. The van der Waals surface area contributed by atoms with Gasteiger partial charge in [-0.1, -0.05) is 121 Å². The smallest absolute Gasteiger partial charge is 0.123 e. The van der Waals surface area contributed by atoms with E-state index in [-0.39, 0.29) is 43.9 Å².